The molecule has 50 valence electrons. The average molecular weight is 146 g/mol. The largest absolute Gasteiger partial charge is 0.411 e. The van der Waals surface area contributed by atoms with Crippen molar-refractivity contribution in [3.63, 3.8) is 0 Å². The molecule has 0 amide bonds. The zero-order valence-electron chi connectivity index (χ0n) is 4.97. The summed E-state index contributed by atoms with van der Waals surface area (Å²) in [5.41, 5.74) is 0.686. The van der Waals surface area contributed by atoms with Crippen LogP contribution in [0.3, 0.4) is 0 Å². The van der Waals surface area contributed by atoms with Crippen LogP contribution in [0.1, 0.15) is 19.3 Å². The van der Waals surface area contributed by atoms with Crippen LogP contribution in [0.25, 0.3) is 0 Å². The minimum atomic E-state index is 0.686. The lowest BCUT2D eigenvalue weighted by atomic mass is 10.1. The van der Waals surface area contributed by atoms with Gasteiger partial charge in [-0.3, -0.25) is 0 Å². The van der Waals surface area contributed by atoms with E-state index in [1.807, 2.05) is 0 Å². The van der Waals surface area contributed by atoms with Gasteiger partial charge in [-0.1, -0.05) is 16.8 Å². The van der Waals surface area contributed by atoms with Crippen LogP contribution in [0.5, 0.6) is 0 Å². The lowest BCUT2D eigenvalue weighted by molar-refractivity contribution is 0.318. The van der Waals surface area contributed by atoms with E-state index in [1.165, 1.54) is 0 Å². The molecule has 0 atom stereocenters. The maximum Gasteiger partial charge on any atom is 0.0807 e. The Kier molecular flexibility index (Phi) is 2.11. The molecule has 0 saturated carbocycles. The van der Waals surface area contributed by atoms with Crippen LogP contribution in [0, 0.1) is 0 Å². The topological polar surface area (TPSA) is 32.6 Å². The number of rotatable bonds is 0. The van der Waals surface area contributed by atoms with Crippen molar-refractivity contribution in [3.8, 4) is 0 Å². The van der Waals surface area contributed by atoms with Gasteiger partial charge in [-0.05, 0) is 25.3 Å². The predicted molar refractivity (Wildman–Crippen MR) is 37.0 cm³/mol. The quantitative estimate of drug-likeness (QED) is 0.411. The van der Waals surface area contributed by atoms with Crippen molar-refractivity contribution < 1.29 is 5.21 Å². The molecule has 0 bridgehead atoms. The second-order valence-electron chi connectivity index (χ2n) is 2.04. The molecule has 0 aromatic carbocycles. The van der Waals surface area contributed by atoms with Gasteiger partial charge in [0.25, 0.3) is 0 Å². The monoisotopic (exact) mass is 145 g/mol. The van der Waals surface area contributed by atoms with Gasteiger partial charge in [-0.15, -0.1) is 0 Å². The first-order valence-electron chi connectivity index (χ1n) is 2.90. The summed E-state index contributed by atoms with van der Waals surface area (Å²) in [6, 6.07) is 0. The third kappa shape index (κ3) is 1.72. The van der Waals surface area contributed by atoms with Crippen LogP contribution >= 0.6 is 11.6 Å². The average Bonchev–Trinajstić information content (AvgIpc) is 1.88. The molecule has 0 fully saturated rings. The molecule has 0 aliphatic heterocycles. The minimum Gasteiger partial charge on any atom is -0.411 e. The second-order valence-corrected chi connectivity index (χ2v) is 2.52. The van der Waals surface area contributed by atoms with Crippen LogP contribution in [-0.2, 0) is 0 Å². The molecule has 0 spiro atoms. The maximum atomic E-state index is 8.29. The van der Waals surface area contributed by atoms with E-state index in [-0.39, 0.29) is 0 Å². The lowest BCUT2D eigenvalue weighted by Gasteiger charge is -2.06. The molecule has 1 rings (SSSR count). The zero-order chi connectivity index (χ0) is 6.69. The Morgan fingerprint density at radius 3 is 2.78 bits per heavy atom. The third-order valence-electron chi connectivity index (χ3n) is 1.30. The molecular formula is C6H8ClNO. The molecule has 3 heteroatoms. The van der Waals surface area contributed by atoms with E-state index >= 15 is 0 Å². The molecule has 9 heavy (non-hydrogen) atoms. The van der Waals surface area contributed by atoms with Gasteiger partial charge in [0.15, 0.2) is 0 Å². The van der Waals surface area contributed by atoms with Crippen LogP contribution in [0.4, 0.5) is 0 Å². The van der Waals surface area contributed by atoms with E-state index < -0.39 is 0 Å². The van der Waals surface area contributed by atoms with Crippen molar-refractivity contribution >= 4 is 17.3 Å². The molecule has 0 saturated heterocycles. The van der Waals surface area contributed by atoms with Crippen LogP contribution in [-0.4, -0.2) is 10.9 Å². The molecule has 0 aromatic heterocycles. The fourth-order valence-corrected chi connectivity index (χ4v) is 1.10. The van der Waals surface area contributed by atoms with Crippen LogP contribution in [0.2, 0.25) is 0 Å². The van der Waals surface area contributed by atoms with Crippen molar-refractivity contribution in [2.45, 2.75) is 19.3 Å². The summed E-state index contributed by atoms with van der Waals surface area (Å²) in [5.74, 6) is 0. The van der Waals surface area contributed by atoms with Crippen molar-refractivity contribution in [3.05, 3.63) is 11.1 Å². The number of nitrogens with zero attached hydrogens (tertiary/aromatic N) is 1. The first kappa shape index (κ1) is 6.62. The number of hydrogen-bond donors (Lipinski definition) is 1. The summed E-state index contributed by atoms with van der Waals surface area (Å²) in [6.45, 7) is 0. The third-order valence-corrected chi connectivity index (χ3v) is 1.60. The van der Waals surface area contributed by atoms with Crippen LogP contribution < -0.4 is 0 Å². The van der Waals surface area contributed by atoms with E-state index in [4.69, 9.17) is 16.8 Å². The molecule has 2 nitrogen and oxygen atoms in total. The summed E-state index contributed by atoms with van der Waals surface area (Å²) < 4.78 is 0. The smallest absolute Gasteiger partial charge is 0.0807 e. The molecule has 1 aliphatic rings. The summed E-state index contributed by atoms with van der Waals surface area (Å²) in [6.07, 6.45) is 4.47. The molecule has 0 heterocycles. The molecule has 0 aromatic rings. The highest BCUT2D eigenvalue weighted by Gasteiger charge is 2.05. The molecule has 1 N–H and O–H groups in total. The Hall–Kier alpha value is -0.500. The van der Waals surface area contributed by atoms with Gasteiger partial charge >= 0.3 is 0 Å². The van der Waals surface area contributed by atoms with E-state index in [2.05, 4.69) is 5.16 Å². The number of hydrogen-bond acceptors (Lipinski definition) is 2. The minimum absolute atomic E-state index is 0.686. The Labute approximate surface area is 58.8 Å². The number of halogens is 1. The van der Waals surface area contributed by atoms with Crippen molar-refractivity contribution in [2.24, 2.45) is 5.16 Å². The number of allylic oxidation sites excluding steroid dienone is 2. The van der Waals surface area contributed by atoms with Crippen LogP contribution in [0.15, 0.2) is 16.3 Å². The Balaban J connectivity index is 2.68. The molecule has 0 unspecified atom stereocenters. The normalized spacial score (nSPS) is 24.1. The Morgan fingerprint density at radius 1 is 1.56 bits per heavy atom. The zero-order valence-corrected chi connectivity index (χ0v) is 5.73. The highest BCUT2D eigenvalue weighted by atomic mass is 35.5. The summed E-state index contributed by atoms with van der Waals surface area (Å²) in [4.78, 5) is 0. The van der Waals surface area contributed by atoms with Gasteiger partial charge in [0, 0.05) is 5.03 Å². The van der Waals surface area contributed by atoms with Crippen molar-refractivity contribution in [2.75, 3.05) is 0 Å². The van der Waals surface area contributed by atoms with Gasteiger partial charge < -0.3 is 5.21 Å². The Morgan fingerprint density at radius 2 is 2.33 bits per heavy atom. The highest BCUT2D eigenvalue weighted by Crippen LogP contribution is 2.18. The number of oxime groups is 1. The van der Waals surface area contributed by atoms with Gasteiger partial charge in [-0.2, -0.15) is 0 Å². The standard InChI is InChI=1S/C6H8ClNO/c7-5-2-1-3-6(4-5)8-9/h4,9H,1-3H2. The Bertz CT molecular complexity index is 162. The van der Waals surface area contributed by atoms with Gasteiger partial charge in [-0.25, -0.2) is 0 Å². The van der Waals surface area contributed by atoms with E-state index in [0.29, 0.717) is 5.71 Å². The highest BCUT2D eigenvalue weighted by molar-refractivity contribution is 6.31. The fourth-order valence-electron chi connectivity index (χ4n) is 0.842. The van der Waals surface area contributed by atoms with Gasteiger partial charge in [0.2, 0.25) is 0 Å². The first-order chi connectivity index (χ1) is 4.33. The molecular weight excluding hydrogens is 138 g/mol. The van der Waals surface area contributed by atoms with Crippen molar-refractivity contribution in [1.82, 2.24) is 0 Å². The summed E-state index contributed by atoms with van der Waals surface area (Å²) in [7, 11) is 0. The fraction of sp³-hybridized carbons (Fsp3) is 0.500. The maximum absolute atomic E-state index is 8.29. The summed E-state index contributed by atoms with van der Waals surface area (Å²) >= 11 is 5.66. The van der Waals surface area contributed by atoms with Crippen molar-refractivity contribution in [1.29, 1.82) is 0 Å². The predicted octanol–water partition coefficient (Wildman–Crippen LogP) is 2.12. The SMILES string of the molecule is ON=C1C=C(Cl)CCC1. The first-order valence-corrected chi connectivity index (χ1v) is 3.28. The lowest BCUT2D eigenvalue weighted by Crippen LogP contribution is -1.99. The molecule has 1 aliphatic carbocycles. The molecule has 0 radical (unpaired) electrons. The second kappa shape index (κ2) is 2.87. The summed E-state index contributed by atoms with van der Waals surface area (Å²) in [5, 5.41) is 12.1. The van der Waals surface area contributed by atoms with E-state index in [0.717, 1.165) is 24.3 Å². The van der Waals surface area contributed by atoms with Gasteiger partial charge in [0.05, 0.1) is 5.71 Å². The van der Waals surface area contributed by atoms with E-state index in [1.54, 1.807) is 6.08 Å². The van der Waals surface area contributed by atoms with E-state index in [9.17, 15) is 0 Å². The van der Waals surface area contributed by atoms with Gasteiger partial charge in [0.1, 0.15) is 0 Å².